The summed E-state index contributed by atoms with van der Waals surface area (Å²) < 4.78 is 13.8. The monoisotopic (exact) mass is 439 g/mol. The van der Waals surface area contributed by atoms with Crippen molar-refractivity contribution >= 4 is 17.2 Å². The molecular formula is C23H26FN5OS. The normalized spacial score (nSPS) is 15.2. The van der Waals surface area contributed by atoms with E-state index in [0.29, 0.717) is 17.0 Å². The molecule has 31 heavy (non-hydrogen) atoms. The molecule has 4 rings (SSSR count). The maximum atomic E-state index is 13.8. The number of carbonyl (C=O) groups excluding carboxylic acids is 1. The number of aryl methyl sites for hydroxylation is 1. The minimum absolute atomic E-state index is 0.134. The summed E-state index contributed by atoms with van der Waals surface area (Å²) in [5.41, 5.74) is 1.69. The van der Waals surface area contributed by atoms with Crippen LogP contribution in [0.4, 0.5) is 4.39 Å². The van der Waals surface area contributed by atoms with Gasteiger partial charge in [0, 0.05) is 35.9 Å². The second-order valence-electron chi connectivity index (χ2n) is 7.93. The zero-order valence-electron chi connectivity index (χ0n) is 17.6. The molecule has 2 aromatic heterocycles. The lowest BCUT2D eigenvalue weighted by Gasteiger charge is -2.31. The van der Waals surface area contributed by atoms with Crippen molar-refractivity contribution in [2.45, 2.75) is 39.3 Å². The topological polar surface area (TPSA) is 71.0 Å². The Morgan fingerprint density at radius 1 is 1.23 bits per heavy atom. The number of benzene rings is 1. The molecule has 1 fully saturated rings. The fraction of sp³-hybridized carbons (Fsp3) is 0.391. The van der Waals surface area contributed by atoms with E-state index < -0.39 is 0 Å². The zero-order chi connectivity index (χ0) is 21.6. The Morgan fingerprint density at radius 3 is 2.77 bits per heavy atom. The average molecular weight is 440 g/mol. The van der Waals surface area contributed by atoms with Gasteiger partial charge in [0.2, 0.25) is 0 Å². The highest BCUT2D eigenvalue weighted by Crippen LogP contribution is 2.24. The first-order valence-electron chi connectivity index (χ1n) is 10.5. The van der Waals surface area contributed by atoms with E-state index in [0.717, 1.165) is 49.6 Å². The van der Waals surface area contributed by atoms with Gasteiger partial charge in [-0.05, 0) is 51.3 Å². The van der Waals surface area contributed by atoms with Crippen molar-refractivity contribution in [3.63, 3.8) is 0 Å². The largest absolute Gasteiger partial charge is 0.348 e. The molecule has 0 aliphatic carbocycles. The molecule has 6 nitrogen and oxygen atoms in total. The first-order chi connectivity index (χ1) is 15.1. The number of hydrogen-bond acceptors (Lipinski definition) is 6. The number of thiazole rings is 1. The van der Waals surface area contributed by atoms with Crippen LogP contribution in [0.3, 0.4) is 0 Å². The summed E-state index contributed by atoms with van der Waals surface area (Å²) in [4.78, 5) is 29.3. The number of aromatic nitrogens is 3. The van der Waals surface area contributed by atoms with Crippen LogP contribution in [0.15, 0.2) is 43.0 Å². The molecule has 1 amide bonds. The predicted molar refractivity (Wildman–Crippen MR) is 118 cm³/mol. The van der Waals surface area contributed by atoms with E-state index in [1.54, 1.807) is 35.7 Å². The SMILES string of the molecule is Cc1ncc(CN2CCC(Cc3ncncc3C(=O)NCc3ccccc3F)CC2)s1. The fourth-order valence-corrected chi connectivity index (χ4v) is 4.78. The fourth-order valence-electron chi connectivity index (χ4n) is 3.94. The van der Waals surface area contributed by atoms with E-state index in [1.807, 2.05) is 13.1 Å². The lowest BCUT2D eigenvalue weighted by Crippen LogP contribution is -2.34. The van der Waals surface area contributed by atoms with Crippen molar-refractivity contribution in [1.82, 2.24) is 25.2 Å². The Morgan fingerprint density at radius 2 is 2.03 bits per heavy atom. The number of nitrogens with one attached hydrogen (secondary N) is 1. The van der Waals surface area contributed by atoms with E-state index in [9.17, 15) is 9.18 Å². The lowest BCUT2D eigenvalue weighted by atomic mass is 9.91. The number of likely N-dealkylation sites (tertiary alicyclic amines) is 1. The van der Waals surface area contributed by atoms with Gasteiger partial charge in [-0.2, -0.15) is 0 Å². The molecule has 1 N–H and O–H groups in total. The second-order valence-corrected chi connectivity index (χ2v) is 9.25. The van der Waals surface area contributed by atoms with Crippen LogP contribution in [0.25, 0.3) is 0 Å². The Kier molecular flexibility index (Phi) is 6.99. The van der Waals surface area contributed by atoms with Crippen LogP contribution < -0.4 is 5.32 Å². The Hall–Kier alpha value is -2.71. The summed E-state index contributed by atoms with van der Waals surface area (Å²) in [7, 11) is 0. The molecule has 0 radical (unpaired) electrons. The summed E-state index contributed by atoms with van der Waals surface area (Å²) >= 11 is 1.76. The standard InChI is InChI=1S/C23H26FN5OS/c1-16-26-12-19(31-16)14-29-8-6-17(7-9-29)10-22-20(13-25-15-28-22)23(30)27-11-18-4-2-3-5-21(18)24/h2-5,12-13,15,17H,6-11,14H2,1H3,(H,27,30). The summed E-state index contributed by atoms with van der Waals surface area (Å²) in [5.74, 6) is -0.114. The quantitative estimate of drug-likeness (QED) is 0.607. The number of hydrogen-bond donors (Lipinski definition) is 1. The molecule has 1 aliphatic rings. The van der Waals surface area contributed by atoms with Crippen LogP contribution in [0.2, 0.25) is 0 Å². The van der Waals surface area contributed by atoms with Gasteiger partial charge in [0.25, 0.3) is 5.91 Å². The molecule has 0 saturated carbocycles. The first kappa shape index (κ1) is 21.5. The molecule has 1 aromatic carbocycles. The molecule has 0 atom stereocenters. The summed E-state index contributed by atoms with van der Waals surface area (Å²) in [6.45, 7) is 5.18. The summed E-state index contributed by atoms with van der Waals surface area (Å²) in [5, 5.41) is 3.90. The van der Waals surface area contributed by atoms with Gasteiger partial charge in [-0.1, -0.05) is 18.2 Å². The molecule has 0 unspecified atom stereocenters. The lowest BCUT2D eigenvalue weighted by molar-refractivity contribution is 0.0948. The number of rotatable bonds is 7. The van der Waals surface area contributed by atoms with Crippen LogP contribution in [-0.2, 0) is 19.5 Å². The van der Waals surface area contributed by atoms with Gasteiger partial charge in [0.1, 0.15) is 12.1 Å². The van der Waals surface area contributed by atoms with Crippen molar-refractivity contribution in [3.8, 4) is 0 Å². The van der Waals surface area contributed by atoms with Gasteiger partial charge in [-0.15, -0.1) is 11.3 Å². The Balaban J connectivity index is 1.32. The third-order valence-electron chi connectivity index (χ3n) is 5.67. The van der Waals surface area contributed by atoms with E-state index >= 15 is 0 Å². The molecule has 8 heteroatoms. The number of piperidine rings is 1. The first-order valence-corrected chi connectivity index (χ1v) is 11.3. The molecule has 3 aromatic rings. The Labute approximate surface area is 185 Å². The number of amides is 1. The third kappa shape index (κ3) is 5.71. The molecule has 0 spiro atoms. The van der Waals surface area contributed by atoms with Crippen molar-refractivity contribution in [2.75, 3.05) is 13.1 Å². The summed E-state index contributed by atoms with van der Waals surface area (Å²) in [6, 6.07) is 6.44. The minimum Gasteiger partial charge on any atom is -0.348 e. The zero-order valence-corrected chi connectivity index (χ0v) is 18.4. The number of carbonyl (C=O) groups is 1. The molecular weight excluding hydrogens is 413 g/mol. The van der Waals surface area contributed by atoms with Crippen LogP contribution in [0, 0.1) is 18.7 Å². The van der Waals surface area contributed by atoms with Gasteiger partial charge >= 0.3 is 0 Å². The maximum Gasteiger partial charge on any atom is 0.254 e. The second kappa shape index (κ2) is 10.1. The number of halogens is 1. The van der Waals surface area contributed by atoms with Gasteiger partial charge in [-0.3, -0.25) is 9.69 Å². The van der Waals surface area contributed by atoms with Crippen LogP contribution in [0.5, 0.6) is 0 Å². The van der Waals surface area contributed by atoms with Crippen LogP contribution in [0.1, 0.15) is 44.3 Å². The molecule has 0 bridgehead atoms. The van der Waals surface area contributed by atoms with Crippen molar-refractivity contribution in [2.24, 2.45) is 5.92 Å². The molecule has 3 heterocycles. The van der Waals surface area contributed by atoms with E-state index in [1.165, 1.54) is 17.3 Å². The van der Waals surface area contributed by atoms with Crippen molar-refractivity contribution in [3.05, 3.63) is 75.5 Å². The van der Waals surface area contributed by atoms with Crippen LogP contribution in [-0.4, -0.2) is 38.8 Å². The Bertz CT molecular complexity index is 1030. The van der Waals surface area contributed by atoms with E-state index in [-0.39, 0.29) is 18.3 Å². The highest BCUT2D eigenvalue weighted by atomic mass is 32.1. The third-order valence-corrected chi connectivity index (χ3v) is 6.57. The van der Waals surface area contributed by atoms with Gasteiger partial charge in [0.05, 0.1) is 16.3 Å². The average Bonchev–Trinajstić information content (AvgIpc) is 3.19. The smallest absolute Gasteiger partial charge is 0.254 e. The predicted octanol–water partition coefficient (Wildman–Crippen LogP) is 3.77. The summed E-state index contributed by atoms with van der Waals surface area (Å²) in [6.07, 6.45) is 7.90. The number of nitrogens with zero attached hydrogens (tertiary/aromatic N) is 4. The molecule has 1 saturated heterocycles. The molecule has 1 aliphatic heterocycles. The van der Waals surface area contributed by atoms with E-state index in [2.05, 4.69) is 25.2 Å². The van der Waals surface area contributed by atoms with Gasteiger partial charge in [0.15, 0.2) is 0 Å². The van der Waals surface area contributed by atoms with Crippen molar-refractivity contribution < 1.29 is 9.18 Å². The van der Waals surface area contributed by atoms with Gasteiger partial charge in [-0.25, -0.2) is 19.3 Å². The highest BCUT2D eigenvalue weighted by molar-refractivity contribution is 7.11. The minimum atomic E-state index is -0.326. The van der Waals surface area contributed by atoms with Gasteiger partial charge < -0.3 is 5.32 Å². The maximum absolute atomic E-state index is 13.8. The highest BCUT2D eigenvalue weighted by Gasteiger charge is 2.23. The van der Waals surface area contributed by atoms with E-state index in [4.69, 9.17) is 0 Å². The van der Waals surface area contributed by atoms with Crippen molar-refractivity contribution in [1.29, 1.82) is 0 Å². The van der Waals surface area contributed by atoms with Crippen LogP contribution >= 0.6 is 11.3 Å². The molecule has 162 valence electrons.